The Morgan fingerprint density at radius 1 is 1.18 bits per heavy atom. The number of carbonyl (C=O) groups is 1. The second-order valence-corrected chi connectivity index (χ2v) is 7.34. The first-order valence-corrected chi connectivity index (χ1v) is 9.91. The SMILES string of the molecule is CCn1nccc1C(=O)N1CCC(Cn2c(C)cnc2-c2cccnc2)CC1. The Balaban J connectivity index is 1.42. The van der Waals surface area contributed by atoms with Gasteiger partial charge in [0.2, 0.25) is 0 Å². The number of imidazole rings is 1. The van der Waals surface area contributed by atoms with Crippen molar-refractivity contribution in [1.82, 2.24) is 29.2 Å². The molecule has 146 valence electrons. The lowest BCUT2D eigenvalue weighted by Crippen LogP contribution is -2.40. The van der Waals surface area contributed by atoms with E-state index in [2.05, 4.69) is 26.6 Å². The van der Waals surface area contributed by atoms with Crippen LogP contribution in [0.1, 0.15) is 35.9 Å². The van der Waals surface area contributed by atoms with E-state index in [1.54, 1.807) is 17.1 Å². The van der Waals surface area contributed by atoms with Gasteiger partial charge in [-0.15, -0.1) is 0 Å². The minimum atomic E-state index is 0.0904. The summed E-state index contributed by atoms with van der Waals surface area (Å²) in [6, 6.07) is 5.80. The second-order valence-electron chi connectivity index (χ2n) is 7.34. The summed E-state index contributed by atoms with van der Waals surface area (Å²) in [5.41, 5.74) is 2.88. The van der Waals surface area contributed by atoms with Gasteiger partial charge in [-0.2, -0.15) is 5.10 Å². The fourth-order valence-corrected chi connectivity index (χ4v) is 3.92. The molecule has 0 aromatic carbocycles. The van der Waals surface area contributed by atoms with Crippen LogP contribution < -0.4 is 0 Å². The van der Waals surface area contributed by atoms with Crippen LogP contribution in [-0.2, 0) is 13.1 Å². The first-order valence-electron chi connectivity index (χ1n) is 9.91. The summed E-state index contributed by atoms with van der Waals surface area (Å²) in [5.74, 6) is 1.59. The highest BCUT2D eigenvalue weighted by Gasteiger charge is 2.26. The molecule has 0 unspecified atom stereocenters. The molecule has 1 aliphatic heterocycles. The predicted molar refractivity (Wildman–Crippen MR) is 107 cm³/mol. The van der Waals surface area contributed by atoms with Crippen molar-refractivity contribution in [1.29, 1.82) is 0 Å². The van der Waals surface area contributed by atoms with Gasteiger partial charge in [-0.1, -0.05) is 0 Å². The molecule has 0 N–H and O–H groups in total. The molecule has 1 aliphatic rings. The molecule has 28 heavy (non-hydrogen) atoms. The summed E-state index contributed by atoms with van der Waals surface area (Å²) in [5, 5.41) is 4.22. The maximum atomic E-state index is 12.8. The van der Waals surface area contributed by atoms with Gasteiger partial charge in [0.05, 0.1) is 0 Å². The standard InChI is InChI=1S/C21H26N6O/c1-3-27-19(6-10-24-27)21(28)25-11-7-17(8-12-25)15-26-16(2)13-23-20(26)18-5-4-9-22-14-18/h4-6,9-10,13-14,17H,3,7-8,11-12,15H2,1-2H3. The van der Waals surface area contributed by atoms with Gasteiger partial charge in [0.15, 0.2) is 0 Å². The van der Waals surface area contributed by atoms with Gasteiger partial charge in [0.1, 0.15) is 11.5 Å². The molecule has 0 saturated carbocycles. The van der Waals surface area contributed by atoms with E-state index in [4.69, 9.17) is 0 Å². The Labute approximate surface area is 165 Å². The van der Waals surface area contributed by atoms with Gasteiger partial charge in [-0.05, 0) is 50.8 Å². The lowest BCUT2D eigenvalue weighted by molar-refractivity contribution is 0.0670. The Morgan fingerprint density at radius 2 is 2.00 bits per heavy atom. The molecule has 0 aliphatic carbocycles. The Bertz CT molecular complexity index is 937. The molecule has 4 rings (SSSR count). The number of amides is 1. The molecule has 4 heterocycles. The molecule has 0 radical (unpaired) electrons. The molecule has 3 aromatic rings. The van der Waals surface area contributed by atoms with Gasteiger partial charge in [0.25, 0.3) is 5.91 Å². The van der Waals surface area contributed by atoms with Crippen molar-refractivity contribution in [2.75, 3.05) is 13.1 Å². The zero-order valence-corrected chi connectivity index (χ0v) is 16.5. The number of carbonyl (C=O) groups excluding carboxylic acids is 1. The average Bonchev–Trinajstić information content (AvgIpc) is 3.36. The number of nitrogens with zero attached hydrogens (tertiary/aromatic N) is 6. The number of piperidine rings is 1. The highest BCUT2D eigenvalue weighted by atomic mass is 16.2. The monoisotopic (exact) mass is 378 g/mol. The summed E-state index contributed by atoms with van der Waals surface area (Å²) in [6.45, 7) is 7.30. The summed E-state index contributed by atoms with van der Waals surface area (Å²) in [4.78, 5) is 23.6. The molecule has 1 saturated heterocycles. The predicted octanol–water partition coefficient (Wildman–Crippen LogP) is 3.02. The first-order chi connectivity index (χ1) is 13.7. The Kier molecular flexibility index (Phi) is 5.23. The van der Waals surface area contributed by atoms with E-state index < -0.39 is 0 Å². The van der Waals surface area contributed by atoms with Gasteiger partial charge >= 0.3 is 0 Å². The lowest BCUT2D eigenvalue weighted by Gasteiger charge is -2.32. The normalized spacial score (nSPS) is 15.1. The highest BCUT2D eigenvalue weighted by Crippen LogP contribution is 2.25. The Morgan fingerprint density at radius 3 is 2.71 bits per heavy atom. The molecular formula is C21H26N6O. The lowest BCUT2D eigenvalue weighted by atomic mass is 9.96. The van der Waals surface area contributed by atoms with Gasteiger partial charge in [0, 0.05) is 62.2 Å². The maximum Gasteiger partial charge on any atom is 0.272 e. The number of aryl methyl sites for hydroxylation is 2. The zero-order chi connectivity index (χ0) is 19.5. The van der Waals surface area contributed by atoms with Crippen molar-refractivity contribution < 1.29 is 4.79 Å². The quantitative estimate of drug-likeness (QED) is 0.684. The topological polar surface area (TPSA) is 68.8 Å². The first kappa shape index (κ1) is 18.4. The van der Waals surface area contributed by atoms with E-state index in [0.29, 0.717) is 18.2 Å². The molecule has 7 heteroatoms. The van der Waals surface area contributed by atoms with Crippen molar-refractivity contribution in [3.63, 3.8) is 0 Å². The number of likely N-dealkylation sites (tertiary alicyclic amines) is 1. The highest BCUT2D eigenvalue weighted by molar-refractivity contribution is 5.92. The molecule has 0 bridgehead atoms. The molecule has 3 aromatic heterocycles. The van der Waals surface area contributed by atoms with Gasteiger partial charge in [-0.3, -0.25) is 14.5 Å². The molecule has 0 spiro atoms. The van der Waals surface area contributed by atoms with Crippen molar-refractivity contribution in [2.45, 2.75) is 39.8 Å². The minimum Gasteiger partial charge on any atom is -0.337 e. The summed E-state index contributed by atoms with van der Waals surface area (Å²) in [6.07, 6.45) is 9.25. The number of hydrogen-bond donors (Lipinski definition) is 0. The Hall–Kier alpha value is -2.96. The second kappa shape index (κ2) is 7.96. The summed E-state index contributed by atoms with van der Waals surface area (Å²) < 4.78 is 4.05. The summed E-state index contributed by atoms with van der Waals surface area (Å²) >= 11 is 0. The number of pyridine rings is 1. The third-order valence-electron chi connectivity index (χ3n) is 5.55. The maximum absolute atomic E-state index is 12.8. The largest absolute Gasteiger partial charge is 0.337 e. The third-order valence-corrected chi connectivity index (χ3v) is 5.55. The van der Waals surface area contributed by atoms with E-state index in [1.165, 1.54) is 0 Å². The van der Waals surface area contributed by atoms with Crippen LogP contribution in [0.4, 0.5) is 0 Å². The van der Waals surface area contributed by atoms with Crippen molar-refractivity contribution in [3.05, 3.63) is 54.4 Å². The van der Waals surface area contributed by atoms with Crippen LogP contribution in [0.3, 0.4) is 0 Å². The van der Waals surface area contributed by atoms with E-state index in [-0.39, 0.29) is 5.91 Å². The van der Waals surface area contributed by atoms with Gasteiger partial charge in [-0.25, -0.2) is 4.98 Å². The number of rotatable bonds is 5. The molecule has 1 amide bonds. The van der Waals surface area contributed by atoms with Crippen LogP contribution in [0.5, 0.6) is 0 Å². The van der Waals surface area contributed by atoms with Gasteiger partial charge < -0.3 is 9.47 Å². The van der Waals surface area contributed by atoms with Crippen molar-refractivity contribution >= 4 is 5.91 Å². The van der Waals surface area contributed by atoms with Crippen LogP contribution in [0.25, 0.3) is 11.4 Å². The van der Waals surface area contributed by atoms with E-state index >= 15 is 0 Å². The van der Waals surface area contributed by atoms with Crippen molar-refractivity contribution in [3.8, 4) is 11.4 Å². The van der Waals surface area contributed by atoms with E-state index in [0.717, 1.165) is 49.6 Å². The van der Waals surface area contributed by atoms with Crippen LogP contribution in [0.15, 0.2) is 43.0 Å². The molecular weight excluding hydrogens is 352 g/mol. The fraction of sp³-hybridized carbons (Fsp3) is 0.429. The molecule has 0 atom stereocenters. The molecule has 1 fully saturated rings. The third kappa shape index (κ3) is 3.56. The number of aromatic nitrogens is 5. The van der Waals surface area contributed by atoms with Crippen LogP contribution in [0.2, 0.25) is 0 Å². The summed E-state index contributed by atoms with van der Waals surface area (Å²) in [7, 11) is 0. The number of hydrogen-bond acceptors (Lipinski definition) is 4. The van der Waals surface area contributed by atoms with Crippen LogP contribution >= 0.6 is 0 Å². The van der Waals surface area contributed by atoms with Crippen LogP contribution in [-0.4, -0.2) is 48.2 Å². The average molecular weight is 378 g/mol. The fourth-order valence-electron chi connectivity index (χ4n) is 3.92. The smallest absolute Gasteiger partial charge is 0.272 e. The van der Waals surface area contributed by atoms with E-state index in [1.807, 2.05) is 42.4 Å². The zero-order valence-electron chi connectivity index (χ0n) is 16.5. The van der Waals surface area contributed by atoms with Crippen LogP contribution in [0, 0.1) is 12.8 Å². The minimum absolute atomic E-state index is 0.0904. The van der Waals surface area contributed by atoms with E-state index in [9.17, 15) is 4.79 Å². The molecule has 7 nitrogen and oxygen atoms in total. The van der Waals surface area contributed by atoms with Crippen molar-refractivity contribution in [2.24, 2.45) is 5.92 Å².